The largest absolute Gasteiger partial charge is 0.507 e. The molecule has 4 rings (SSSR count). The Balaban J connectivity index is 0.00000272. The van der Waals surface area contributed by atoms with Crippen LogP contribution < -0.4 is 4.90 Å². The molecule has 1 aliphatic heterocycles. The number of aromatic nitrogens is 2. The van der Waals surface area contributed by atoms with E-state index < -0.39 is 17.4 Å². The first-order valence-corrected chi connectivity index (χ1v) is 9.57. The van der Waals surface area contributed by atoms with E-state index in [0.29, 0.717) is 37.4 Å². The minimum absolute atomic E-state index is 0. The van der Waals surface area contributed by atoms with Crippen LogP contribution in [0.15, 0.2) is 43.2 Å². The maximum absolute atomic E-state index is 15.4. The van der Waals surface area contributed by atoms with Gasteiger partial charge in [-0.15, -0.1) is 0 Å². The number of aromatic hydroxyl groups is 1. The first-order valence-electron chi connectivity index (χ1n) is 9.19. The van der Waals surface area contributed by atoms with Gasteiger partial charge in [-0.1, -0.05) is 24.2 Å². The number of fused-ring (bicyclic) bond motifs is 1. The second-order valence-corrected chi connectivity index (χ2v) is 7.20. The molecule has 162 valence electrons. The van der Waals surface area contributed by atoms with Crippen molar-refractivity contribution in [3.63, 3.8) is 0 Å². The summed E-state index contributed by atoms with van der Waals surface area (Å²) in [5, 5.41) is 10.4. The molecule has 1 amide bonds. The summed E-state index contributed by atoms with van der Waals surface area (Å²) in [6.45, 7) is 5.40. The van der Waals surface area contributed by atoms with Crippen LogP contribution in [0.3, 0.4) is 0 Å². The SMILES string of the molecule is C=CC(=O)N1CCN(c2ncnc3c(F)c(-c4c(O)cccc4F)c(Cl)cc23)CC1.S. The molecule has 2 heterocycles. The van der Waals surface area contributed by atoms with Gasteiger partial charge in [0.1, 0.15) is 29.2 Å². The zero-order chi connectivity index (χ0) is 21.4. The highest BCUT2D eigenvalue weighted by molar-refractivity contribution is 7.59. The van der Waals surface area contributed by atoms with Crippen LogP contribution in [0.25, 0.3) is 22.0 Å². The van der Waals surface area contributed by atoms with Crippen molar-refractivity contribution in [3.05, 3.63) is 59.9 Å². The number of piperazine rings is 1. The fraction of sp³-hybridized carbons (Fsp3) is 0.190. The first kappa shape index (κ1) is 22.8. The fourth-order valence-corrected chi connectivity index (χ4v) is 3.91. The molecule has 2 aromatic carbocycles. The summed E-state index contributed by atoms with van der Waals surface area (Å²) < 4.78 is 29.7. The molecule has 0 unspecified atom stereocenters. The van der Waals surface area contributed by atoms with Gasteiger partial charge in [-0.3, -0.25) is 4.79 Å². The molecule has 1 saturated heterocycles. The zero-order valence-electron chi connectivity index (χ0n) is 16.3. The lowest BCUT2D eigenvalue weighted by Gasteiger charge is -2.35. The van der Waals surface area contributed by atoms with Crippen LogP contribution in [-0.4, -0.2) is 52.1 Å². The van der Waals surface area contributed by atoms with Gasteiger partial charge in [-0.25, -0.2) is 18.7 Å². The van der Waals surface area contributed by atoms with Crippen molar-refractivity contribution in [1.82, 2.24) is 14.9 Å². The maximum Gasteiger partial charge on any atom is 0.246 e. The minimum atomic E-state index is -0.845. The number of benzene rings is 2. The van der Waals surface area contributed by atoms with E-state index in [4.69, 9.17) is 11.6 Å². The molecule has 10 heteroatoms. The molecule has 1 aromatic heterocycles. The first-order chi connectivity index (χ1) is 14.4. The van der Waals surface area contributed by atoms with Crippen LogP contribution >= 0.6 is 25.1 Å². The molecule has 6 nitrogen and oxygen atoms in total. The van der Waals surface area contributed by atoms with Crippen LogP contribution in [0.5, 0.6) is 5.75 Å². The number of hydrogen-bond acceptors (Lipinski definition) is 5. The third-order valence-electron chi connectivity index (χ3n) is 5.11. The van der Waals surface area contributed by atoms with Gasteiger partial charge >= 0.3 is 0 Å². The minimum Gasteiger partial charge on any atom is -0.507 e. The van der Waals surface area contributed by atoms with E-state index in [0.717, 1.165) is 6.07 Å². The molecule has 1 aliphatic rings. The van der Waals surface area contributed by atoms with Gasteiger partial charge in [0.25, 0.3) is 0 Å². The molecule has 31 heavy (non-hydrogen) atoms. The van der Waals surface area contributed by atoms with Crippen molar-refractivity contribution in [1.29, 1.82) is 0 Å². The monoisotopic (exact) mass is 464 g/mol. The smallest absolute Gasteiger partial charge is 0.246 e. The number of carbonyl (C=O) groups is 1. The van der Waals surface area contributed by atoms with Crippen molar-refractivity contribution in [2.24, 2.45) is 0 Å². The third kappa shape index (κ3) is 4.03. The van der Waals surface area contributed by atoms with Crippen LogP contribution in [0.2, 0.25) is 5.02 Å². The summed E-state index contributed by atoms with van der Waals surface area (Å²) >= 11 is 6.33. The van der Waals surface area contributed by atoms with E-state index in [1.165, 1.54) is 30.6 Å². The van der Waals surface area contributed by atoms with Crippen molar-refractivity contribution in [3.8, 4) is 16.9 Å². The summed E-state index contributed by atoms with van der Waals surface area (Å²) in [5.41, 5.74) is -0.615. The highest BCUT2D eigenvalue weighted by Crippen LogP contribution is 2.42. The highest BCUT2D eigenvalue weighted by atomic mass is 35.5. The normalized spacial score (nSPS) is 13.8. The molecule has 0 spiro atoms. The van der Waals surface area contributed by atoms with Gasteiger partial charge in [0.15, 0.2) is 5.82 Å². The number of nitrogens with zero attached hydrogens (tertiary/aromatic N) is 4. The molecular formula is C21H19ClF2N4O2S. The number of rotatable bonds is 3. The van der Waals surface area contributed by atoms with Gasteiger partial charge in [0.05, 0.1) is 10.6 Å². The average molecular weight is 465 g/mol. The lowest BCUT2D eigenvalue weighted by molar-refractivity contribution is -0.126. The molecule has 0 aliphatic carbocycles. The number of anilines is 1. The Hall–Kier alpha value is -2.91. The summed E-state index contributed by atoms with van der Waals surface area (Å²) in [6, 6.07) is 5.16. The molecule has 3 aromatic rings. The second kappa shape index (κ2) is 9.07. The van der Waals surface area contributed by atoms with E-state index >= 15 is 4.39 Å². The lowest BCUT2D eigenvalue weighted by Crippen LogP contribution is -2.48. The summed E-state index contributed by atoms with van der Waals surface area (Å²) in [7, 11) is 0. The Morgan fingerprint density at radius 2 is 1.87 bits per heavy atom. The summed E-state index contributed by atoms with van der Waals surface area (Å²) in [6.07, 6.45) is 2.49. The van der Waals surface area contributed by atoms with Crippen LogP contribution in [0.1, 0.15) is 0 Å². The van der Waals surface area contributed by atoms with Crippen LogP contribution in [0, 0.1) is 11.6 Å². The Bertz CT molecular complexity index is 1150. The van der Waals surface area contributed by atoms with Crippen molar-refractivity contribution in [2.75, 3.05) is 31.1 Å². The predicted molar refractivity (Wildman–Crippen MR) is 121 cm³/mol. The molecule has 0 saturated carbocycles. The Labute approximate surface area is 189 Å². The summed E-state index contributed by atoms with van der Waals surface area (Å²) in [5.74, 6) is -1.75. The lowest BCUT2D eigenvalue weighted by atomic mass is 10.0. The quantitative estimate of drug-likeness (QED) is 0.596. The van der Waals surface area contributed by atoms with Crippen molar-refractivity contribution >= 4 is 47.7 Å². The fourth-order valence-electron chi connectivity index (χ4n) is 3.63. The summed E-state index contributed by atoms with van der Waals surface area (Å²) in [4.78, 5) is 23.7. The molecule has 1 fully saturated rings. The van der Waals surface area contributed by atoms with Crippen LogP contribution in [0.4, 0.5) is 14.6 Å². The number of phenolic OH excluding ortho intramolecular Hbond substituents is 1. The number of phenols is 1. The van der Waals surface area contributed by atoms with Gasteiger partial charge in [0, 0.05) is 37.1 Å². The van der Waals surface area contributed by atoms with E-state index in [1.807, 2.05) is 4.90 Å². The average Bonchev–Trinajstić information content (AvgIpc) is 2.75. The Morgan fingerprint density at radius 1 is 1.16 bits per heavy atom. The van der Waals surface area contributed by atoms with Gasteiger partial charge in [-0.05, 0) is 24.3 Å². The topological polar surface area (TPSA) is 69.6 Å². The van der Waals surface area contributed by atoms with E-state index in [9.17, 15) is 14.3 Å². The number of halogens is 3. The van der Waals surface area contributed by atoms with E-state index in [-0.39, 0.29) is 41.1 Å². The number of carbonyl (C=O) groups excluding carboxylic acids is 1. The number of amides is 1. The highest BCUT2D eigenvalue weighted by Gasteiger charge is 2.26. The predicted octanol–water partition coefficient (Wildman–Crippen LogP) is 3.88. The van der Waals surface area contributed by atoms with E-state index in [1.54, 1.807) is 4.90 Å². The van der Waals surface area contributed by atoms with Gasteiger partial charge < -0.3 is 14.9 Å². The van der Waals surface area contributed by atoms with Crippen molar-refractivity contribution in [2.45, 2.75) is 0 Å². The maximum atomic E-state index is 15.4. The van der Waals surface area contributed by atoms with E-state index in [2.05, 4.69) is 16.5 Å². The van der Waals surface area contributed by atoms with Gasteiger partial charge in [-0.2, -0.15) is 13.5 Å². The molecule has 0 radical (unpaired) electrons. The molecule has 0 bridgehead atoms. The van der Waals surface area contributed by atoms with Gasteiger partial charge in [0.2, 0.25) is 5.91 Å². The molecular weight excluding hydrogens is 446 g/mol. The number of hydrogen-bond donors (Lipinski definition) is 1. The van der Waals surface area contributed by atoms with Crippen LogP contribution in [-0.2, 0) is 4.79 Å². The second-order valence-electron chi connectivity index (χ2n) is 6.79. The zero-order valence-corrected chi connectivity index (χ0v) is 18.0. The standard InChI is InChI=1S/C21H17ClF2N4O2.H2S/c1-2-16(30)27-6-8-28(9-7-27)21-12-10-13(22)17(19(24)20(12)25-11-26-21)18-14(23)4-3-5-15(18)29;/h2-5,10-11,29H,1,6-9H2;1H2. The molecule has 1 N–H and O–H groups in total. The Kier molecular flexibility index (Phi) is 6.66. The van der Waals surface area contributed by atoms with Crippen molar-refractivity contribution < 1.29 is 18.7 Å². The molecule has 0 atom stereocenters. The Morgan fingerprint density at radius 3 is 2.52 bits per heavy atom. The third-order valence-corrected chi connectivity index (χ3v) is 5.41.